The number of hydrogen-bond donors (Lipinski definition) is 1. The van der Waals surface area contributed by atoms with Crippen molar-refractivity contribution in [3.05, 3.63) is 29.7 Å². The molecular weight excluding hydrogens is 281 g/mol. The maximum absolute atomic E-state index is 12.6. The highest BCUT2D eigenvalue weighted by molar-refractivity contribution is 5.59. The molecule has 1 saturated heterocycles. The van der Waals surface area contributed by atoms with Gasteiger partial charge in [0.25, 0.3) is 0 Å². The van der Waals surface area contributed by atoms with Crippen molar-refractivity contribution in [2.24, 2.45) is 0 Å². The van der Waals surface area contributed by atoms with Crippen molar-refractivity contribution in [1.82, 2.24) is 4.90 Å². The summed E-state index contributed by atoms with van der Waals surface area (Å²) in [5, 5.41) is 9.86. The van der Waals surface area contributed by atoms with Gasteiger partial charge in [-0.3, -0.25) is 4.90 Å². The molecule has 1 aromatic carbocycles. The summed E-state index contributed by atoms with van der Waals surface area (Å²) >= 11 is 0. The van der Waals surface area contributed by atoms with Gasteiger partial charge in [0, 0.05) is 32.7 Å². The SMILES string of the molecule is C[C](C)CN1CCN(c2ccc(C(F)(F)F)cc2O)CC1. The van der Waals surface area contributed by atoms with E-state index in [1.807, 2.05) is 4.90 Å². The molecule has 117 valence electrons. The molecule has 0 bridgehead atoms. The number of hydrogen-bond acceptors (Lipinski definition) is 3. The highest BCUT2D eigenvalue weighted by Gasteiger charge is 2.31. The third-order valence-corrected chi connectivity index (χ3v) is 3.56. The van der Waals surface area contributed by atoms with Crippen LogP contribution in [-0.4, -0.2) is 42.7 Å². The van der Waals surface area contributed by atoms with Gasteiger partial charge in [0.1, 0.15) is 5.75 Å². The third kappa shape index (κ3) is 4.03. The molecule has 0 amide bonds. The van der Waals surface area contributed by atoms with Crippen LogP contribution >= 0.6 is 0 Å². The lowest BCUT2D eigenvalue weighted by molar-refractivity contribution is -0.137. The minimum Gasteiger partial charge on any atom is -0.506 e. The Morgan fingerprint density at radius 2 is 1.76 bits per heavy atom. The van der Waals surface area contributed by atoms with Crippen molar-refractivity contribution < 1.29 is 18.3 Å². The second-order valence-electron chi connectivity index (χ2n) is 5.67. The normalized spacial score (nSPS) is 17.5. The topological polar surface area (TPSA) is 26.7 Å². The van der Waals surface area contributed by atoms with E-state index in [0.717, 1.165) is 31.8 Å². The lowest BCUT2D eigenvalue weighted by atomic mass is 10.1. The first-order valence-corrected chi connectivity index (χ1v) is 6.94. The van der Waals surface area contributed by atoms with E-state index in [4.69, 9.17) is 0 Å². The number of rotatable bonds is 3. The van der Waals surface area contributed by atoms with Gasteiger partial charge in [0.05, 0.1) is 11.3 Å². The molecule has 0 atom stereocenters. The van der Waals surface area contributed by atoms with E-state index >= 15 is 0 Å². The molecule has 0 aliphatic carbocycles. The van der Waals surface area contributed by atoms with E-state index in [-0.39, 0.29) is 5.75 Å². The number of piperazine rings is 1. The van der Waals surface area contributed by atoms with E-state index in [1.54, 1.807) is 0 Å². The molecule has 6 heteroatoms. The van der Waals surface area contributed by atoms with Gasteiger partial charge in [-0.05, 0) is 24.1 Å². The quantitative estimate of drug-likeness (QED) is 0.929. The van der Waals surface area contributed by atoms with E-state index in [9.17, 15) is 18.3 Å². The second-order valence-corrected chi connectivity index (χ2v) is 5.67. The Morgan fingerprint density at radius 1 is 1.14 bits per heavy atom. The van der Waals surface area contributed by atoms with Crippen molar-refractivity contribution in [1.29, 1.82) is 0 Å². The lowest BCUT2D eigenvalue weighted by Gasteiger charge is -2.37. The Hall–Kier alpha value is -1.43. The zero-order valence-corrected chi connectivity index (χ0v) is 12.2. The Morgan fingerprint density at radius 3 is 2.24 bits per heavy atom. The molecular formula is C15H20F3N2O. The number of phenolic OH excluding ortho intramolecular Hbond substituents is 1. The predicted molar refractivity (Wildman–Crippen MR) is 76.4 cm³/mol. The summed E-state index contributed by atoms with van der Waals surface area (Å²) in [6.07, 6.45) is -4.43. The maximum Gasteiger partial charge on any atom is 0.416 e. The van der Waals surface area contributed by atoms with Gasteiger partial charge in [0.2, 0.25) is 0 Å². The monoisotopic (exact) mass is 301 g/mol. The van der Waals surface area contributed by atoms with Crippen LogP contribution in [0, 0.1) is 5.92 Å². The van der Waals surface area contributed by atoms with Crippen LogP contribution in [0.15, 0.2) is 18.2 Å². The zero-order valence-electron chi connectivity index (χ0n) is 12.2. The zero-order chi connectivity index (χ0) is 15.6. The third-order valence-electron chi connectivity index (χ3n) is 3.56. The molecule has 0 spiro atoms. The number of phenols is 1. The van der Waals surface area contributed by atoms with Crippen LogP contribution in [0.5, 0.6) is 5.75 Å². The van der Waals surface area contributed by atoms with Crippen LogP contribution in [-0.2, 0) is 6.18 Å². The maximum atomic E-state index is 12.6. The fourth-order valence-corrected chi connectivity index (χ4v) is 2.56. The summed E-state index contributed by atoms with van der Waals surface area (Å²) in [6, 6.07) is 3.17. The second kappa shape index (κ2) is 6.13. The van der Waals surface area contributed by atoms with Crippen LogP contribution in [0.25, 0.3) is 0 Å². The number of halogens is 3. The summed E-state index contributed by atoms with van der Waals surface area (Å²) in [5.74, 6) is 1.03. The highest BCUT2D eigenvalue weighted by Crippen LogP contribution is 2.36. The van der Waals surface area contributed by atoms with Crippen molar-refractivity contribution >= 4 is 5.69 Å². The van der Waals surface area contributed by atoms with Crippen molar-refractivity contribution in [2.45, 2.75) is 20.0 Å². The molecule has 1 aliphatic heterocycles. The Bertz CT molecular complexity index is 480. The molecule has 1 aromatic rings. The molecule has 1 radical (unpaired) electrons. The van der Waals surface area contributed by atoms with Crippen LogP contribution in [0.4, 0.5) is 18.9 Å². The molecule has 1 heterocycles. The minimum atomic E-state index is -4.43. The van der Waals surface area contributed by atoms with Gasteiger partial charge in [-0.25, -0.2) is 0 Å². The van der Waals surface area contributed by atoms with Crippen LogP contribution in [0.2, 0.25) is 0 Å². The first-order chi connectivity index (χ1) is 9.77. The number of nitrogens with zero attached hydrogens (tertiary/aromatic N) is 2. The molecule has 0 aromatic heterocycles. The lowest BCUT2D eigenvalue weighted by Crippen LogP contribution is -2.47. The number of anilines is 1. The first kappa shape index (κ1) is 15.9. The summed E-state index contributed by atoms with van der Waals surface area (Å²) < 4.78 is 37.7. The van der Waals surface area contributed by atoms with Crippen molar-refractivity contribution in [3.63, 3.8) is 0 Å². The summed E-state index contributed by atoms with van der Waals surface area (Å²) in [6.45, 7) is 8.17. The molecule has 0 saturated carbocycles. The molecule has 1 fully saturated rings. The number of aromatic hydroxyl groups is 1. The van der Waals surface area contributed by atoms with E-state index in [0.29, 0.717) is 18.8 Å². The molecule has 21 heavy (non-hydrogen) atoms. The van der Waals surface area contributed by atoms with Crippen molar-refractivity contribution in [3.8, 4) is 5.75 Å². The highest BCUT2D eigenvalue weighted by atomic mass is 19.4. The Balaban J connectivity index is 2.04. The van der Waals surface area contributed by atoms with E-state index in [1.165, 1.54) is 12.0 Å². The number of benzene rings is 1. The largest absolute Gasteiger partial charge is 0.506 e. The Labute approximate surface area is 123 Å². The first-order valence-electron chi connectivity index (χ1n) is 6.94. The molecule has 1 N–H and O–H groups in total. The number of alkyl halides is 3. The fraction of sp³-hybridized carbons (Fsp3) is 0.533. The smallest absolute Gasteiger partial charge is 0.416 e. The minimum absolute atomic E-state index is 0.309. The van der Waals surface area contributed by atoms with Crippen LogP contribution in [0.3, 0.4) is 0 Å². The fourth-order valence-electron chi connectivity index (χ4n) is 2.56. The van der Waals surface area contributed by atoms with E-state index in [2.05, 4.69) is 18.7 Å². The molecule has 3 nitrogen and oxygen atoms in total. The van der Waals surface area contributed by atoms with Crippen molar-refractivity contribution in [2.75, 3.05) is 37.6 Å². The predicted octanol–water partition coefficient (Wildman–Crippen LogP) is 3.15. The van der Waals surface area contributed by atoms with Gasteiger partial charge < -0.3 is 10.0 Å². The average Bonchev–Trinajstić information content (AvgIpc) is 2.38. The van der Waals surface area contributed by atoms with Gasteiger partial charge in [-0.2, -0.15) is 13.2 Å². The standard InChI is InChI=1S/C15H20F3N2O/c1-11(2)10-19-5-7-20(8-6-19)13-4-3-12(9-14(13)21)15(16,17)18/h3-4,9,21H,5-8,10H2,1-2H3. The summed E-state index contributed by atoms with van der Waals surface area (Å²) in [4.78, 5) is 4.23. The summed E-state index contributed by atoms with van der Waals surface area (Å²) in [5.41, 5.74) is -0.349. The van der Waals surface area contributed by atoms with E-state index < -0.39 is 11.7 Å². The van der Waals surface area contributed by atoms with Gasteiger partial charge in [-0.1, -0.05) is 13.8 Å². The molecule has 1 aliphatic rings. The van der Waals surface area contributed by atoms with Gasteiger partial charge >= 0.3 is 6.18 Å². The van der Waals surface area contributed by atoms with Crippen LogP contribution < -0.4 is 4.90 Å². The summed E-state index contributed by atoms with van der Waals surface area (Å²) in [7, 11) is 0. The molecule has 0 unspecified atom stereocenters. The van der Waals surface area contributed by atoms with Crippen LogP contribution in [0.1, 0.15) is 19.4 Å². The van der Waals surface area contributed by atoms with Gasteiger partial charge in [0.15, 0.2) is 0 Å². The average molecular weight is 301 g/mol. The van der Waals surface area contributed by atoms with Gasteiger partial charge in [-0.15, -0.1) is 0 Å². The Kier molecular flexibility index (Phi) is 4.66. The molecule has 2 rings (SSSR count).